The molecule has 0 atom stereocenters. The number of pyridine rings is 1. The van der Waals surface area contributed by atoms with E-state index in [9.17, 15) is 14.4 Å². The fourth-order valence-electron chi connectivity index (χ4n) is 4.59. The summed E-state index contributed by atoms with van der Waals surface area (Å²) in [4.78, 5) is 22.6. The summed E-state index contributed by atoms with van der Waals surface area (Å²) in [7, 11) is 1.94. The van der Waals surface area contributed by atoms with Crippen molar-refractivity contribution in [2.24, 2.45) is 0 Å². The lowest BCUT2D eigenvalue weighted by Crippen LogP contribution is -2.46. The Bertz CT molecular complexity index is 1430. The Morgan fingerprint density at radius 1 is 1.19 bits per heavy atom. The second kappa shape index (κ2) is 10.0. The number of thiazole rings is 1. The van der Waals surface area contributed by atoms with E-state index in [0.717, 1.165) is 61.5 Å². The molecule has 1 aromatic carbocycles. The molecule has 184 valence electrons. The van der Waals surface area contributed by atoms with Crippen molar-refractivity contribution in [3.8, 4) is 17.3 Å². The molecule has 0 radical (unpaired) electrons. The number of aldehydes is 1. The van der Waals surface area contributed by atoms with E-state index in [1.165, 1.54) is 23.5 Å². The van der Waals surface area contributed by atoms with Gasteiger partial charge < -0.3 is 14.6 Å². The van der Waals surface area contributed by atoms with Crippen molar-refractivity contribution in [2.45, 2.75) is 13.3 Å². The van der Waals surface area contributed by atoms with E-state index in [4.69, 9.17) is 10.1 Å². The van der Waals surface area contributed by atoms with Crippen LogP contribution in [0.15, 0.2) is 42.6 Å². The number of hydrogen-bond donors (Lipinski definition) is 0. The first kappa shape index (κ1) is 23.9. The number of carbonyl (C=O) groups is 1. The van der Waals surface area contributed by atoms with E-state index >= 15 is 0 Å². The Labute approximate surface area is 212 Å². The summed E-state index contributed by atoms with van der Waals surface area (Å²) in [5, 5.41) is 15.2. The number of carbonyl (C=O) groups excluding carboxylic acids is 1. The van der Waals surface area contributed by atoms with Crippen molar-refractivity contribution in [1.82, 2.24) is 19.5 Å². The van der Waals surface area contributed by atoms with Crippen LogP contribution in [0.2, 0.25) is 0 Å². The Morgan fingerprint density at radius 3 is 2.61 bits per heavy atom. The summed E-state index contributed by atoms with van der Waals surface area (Å²) >= 11 is 1.31. The highest BCUT2D eigenvalue weighted by molar-refractivity contribution is 7.16. The van der Waals surface area contributed by atoms with Gasteiger partial charge in [-0.1, -0.05) is 18.3 Å². The van der Waals surface area contributed by atoms with Gasteiger partial charge in [-0.3, -0.25) is 4.90 Å². The Kier molecular flexibility index (Phi) is 6.67. The van der Waals surface area contributed by atoms with E-state index in [1.54, 1.807) is 12.1 Å². The van der Waals surface area contributed by atoms with Crippen LogP contribution in [0.25, 0.3) is 16.8 Å². The monoisotopic (exact) mass is 503 g/mol. The second-order valence-electron chi connectivity index (χ2n) is 8.67. The van der Waals surface area contributed by atoms with E-state index in [2.05, 4.69) is 34.9 Å². The van der Waals surface area contributed by atoms with Crippen molar-refractivity contribution < 1.29 is 9.18 Å². The van der Waals surface area contributed by atoms with E-state index in [-0.39, 0.29) is 5.82 Å². The molecule has 0 spiro atoms. The third-order valence-electron chi connectivity index (χ3n) is 6.52. The maximum Gasteiger partial charge on any atom is 0.191 e. The van der Waals surface area contributed by atoms with E-state index < -0.39 is 0 Å². The lowest BCUT2D eigenvalue weighted by atomic mass is 10.1. The van der Waals surface area contributed by atoms with Gasteiger partial charge in [0.05, 0.1) is 23.4 Å². The smallest absolute Gasteiger partial charge is 0.191 e. The van der Waals surface area contributed by atoms with Crippen LogP contribution in [0, 0.1) is 17.1 Å². The summed E-state index contributed by atoms with van der Waals surface area (Å²) in [5.41, 5.74) is 5.20. The second-order valence-corrected chi connectivity index (χ2v) is 9.65. The predicted molar refractivity (Wildman–Crippen MR) is 140 cm³/mol. The standard InChI is InChI=1S/C26H26FN7OS/c1-3-21-25(31(2)26-29-24(23(17-28)36-26)18-4-6-19(27)7-5-18)22-16-20(8-9-34(22)30-21)33-12-10-32(11-13-33)14-15-35/h4-9,15-16H,3,10-14H2,1-2H3. The summed E-state index contributed by atoms with van der Waals surface area (Å²) in [6.45, 7) is 5.93. The first-order valence-electron chi connectivity index (χ1n) is 11.8. The van der Waals surface area contributed by atoms with Gasteiger partial charge in [-0.05, 0) is 42.8 Å². The zero-order chi connectivity index (χ0) is 25.2. The molecule has 0 amide bonds. The van der Waals surface area contributed by atoms with Gasteiger partial charge in [0.25, 0.3) is 0 Å². The summed E-state index contributed by atoms with van der Waals surface area (Å²) < 4.78 is 15.3. The zero-order valence-electron chi connectivity index (χ0n) is 20.2. The molecule has 0 saturated carbocycles. The summed E-state index contributed by atoms with van der Waals surface area (Å²) in [5.74, 6) is -0.329. The fourth-order valence-corrected chi connectivity index (χ4v) is 5.45. The van der Waals surface area contributed by atoms with Gasteiger partial charge in [-0.25, -0.2) is 13.9 Å². The zero-order valence-corrected chi connectivity index (χ0v) is 21.0. The molecular formula is C26H26FN7OS. The molecule has 8 nitrogen and oxygen atoms in total. The first-order chi connectivity index (χ1) is 17.5. The number of hydrogen-bond acceptors (Lipinski definition) is 8. The fraction of sp³-hybridized carbons (Fsp3) is 0.308. The van der Waals surface area contributed by atoms with Crippen LogP contribution in [-0.2, 0) is 11.2 Å². The van der Waals surface area contributed by atoms with E-state index in [1.807, 2.05) is 22.7 Å². The molecule has 0 bridgehead atoms. The number of fused-ring (bicyclic) bond motifs is 1. The van der Waals surface area contributed by atoms with Gasteiger partial charge in [0.2, 0.25) is 0 Å². The van der Waals surface area contributed by atoms with Gasteiger partial charge in [0, 0.05) is 50.7 Å². The maximum absolute atomic E-state index is 13.4. The molecule has 4 aromatic rings. The van der Waals surface area contributed by atoms with Gasteiger partial charge >= 0.3 is 0 Å². The van der Waals surface area contributed by atoms with Crippen molar-refractivity contribution >= 4 is 39.6 Å². The van der Waals surface area contributed by atoms with E-state index in [0.29, 0.717) is 27.8 Å². The van der Waals surface area contributed by atoms with Crippen molar-refractivity contribution in [3.63, 3.8) is 0 Å². The third kappa shape index (κ3) is 4.43. The Balaban J connectivity index is 1.51. The molecule has 5 rings (SSSR count). The largest absolute Gasteiger partial charge is 0.369 e. The molecule has 4 heterocycles. The van der Waals surface area contributed by atoms with Gasteiger partial charge in [0.1, 0.15) is 28.7 Å². The van der Waals surface area contributed by atoms with Crippen LogP contribution >= 0.6 is 11.3 Å². The van der Waals surface area contributed by atoms with Gasteiger partial charge in [0.15, 0.2) is 5.13 Å². The number of aryl methyl sites for hydroxylation is 1. The Hall–Kier alpha value is -3.81. The van der Waals surface area contributed by atoms with Crippen LogP contribution in [0.4, 0.5) is 20.9 Å². The lowest BCUT2D eigenvalue weighted by Gasteiger charge is -2.35. The molecular weight excluding hydrogens is 477 g/mol. The number of anilines is 3. The molecule has 1 fully saturated rings. The molecule has 10 heteroatoms. The van der Waals surface area contributed by atoms with Crippen molar-refractivity contribution in [2.75, 3.05) is 49.6 Å². The normalized spacial score (nSPS) is 14.2. The molecule has 1 aliphatic heterocycles. The number of piperazine rings is 1. The topological polar surface area (TPSA) is 80.8 Å². The highest BCUT2D eigenvalue weighted by atomic mass is 32.1. The lowest BCUT2D eigenvalue weighted by molar-refractivity contribution is -0.108. The first-order valence-corrected chi connectivity index (χ1v) is 12.7. The maximum atomic E-state index is 13.4. The molecule has 1 saturated heterocycles. The predicted octanol–water partition coefficient (Wildman–Crippen LogP) is 4.12. The highest BCUT2D eigenvalue weighted by Crippen LogP contribution is 2.38. The minimum atomic E-state index is -0.329. The number of benzene rings is 1. The van der Waals surface area contributed by atoms with Gasteiger partial charge in [-0.2, -0.15) is 10.4 Å². The number of halogens is 1. The van der Waals surface area contributed by atoms with Crippen LogP contribution in [-0.4, -0.2) is 65.6 Å². The molecule has 0 aliphatic carbocycles. The number of aromatic nitrogens is 3. The van der Waals surface area contributed by atoms with Crippen molar-refractivity contribution in [3.05, 3.63) is 59.0 Å². The molecule has 1 aliphatic rings. The summed E-state index contributed by atoms with van der Waals surface area (Å²) in [6.07, 6.45) is 3.67. The van der Waals surface area contributed by atoms with Crippen LogP contribution in [0.3, 0.4) is 0 Å². The Morgan fingerprint density at radius 2 is 1.94 bits per heavy atom. The average Bonchev–Trinajstić information content (AvgIpc) is 3.50. The molecule has 0 unspecified atom stereocenters. The van der Waals surface area contributed by atoms with Crippen molar-refractivity contribution in [1.29, 1.82) is 5.26 Å². The molecule has 0 N–H and O–H groups in total. The van der Waals surface area contributed by atoms with Gasteiger partial charge in [-0.15, -0.1) is 0 Å². The summed E-state index contributed by atoms with van der Waals surface area (Å²) in [6, 6.07) is 12.5. The minimum Gasteiger partial charge on any atom is -0.369 e. The average molecular weight is 504 g/mol. The van der Waals surface area contributed by atoms with Crippen LogP contribution in [0.5, 0.6) is 0 Å². The molecule has 36 heavy (non-hydrogen) atoms. The highest BCUT2D eigenvalue weighted by Gasteiger charge is 2.23. The minimum absolute atomic E-state index is 0.329. The quantitative estimate of drug-likeness (QED) is 0.351. The third-order valence-corrected chi connectivity index (χ3v) is 7.56. The number of rotatable bonds is 7. The SMILES string of the molecule is CCc1nn2ccc(N3CCN(CC=O)CC3)cc2c1N(C)c1nc(-c2ccc(F)cc2)c(C#N)s1. The number of nitrogens with zero attached hydrogens (tertiary/aromatic N) is 7. The van der Waals surface area contributed by atoms with Crippen LogP contribution < -0.4 is 9.80 Å². The molecule has 3 aromatic heterocycles. The number of nitriles is 1. The van der Waals surface area contributed by atoms with Crippen LogP contribution in [0.1, 0.15) is 17.5 Å².